The predicted octanol–water partition coefficient (Wildman–Crippen LogP) is 0.943. The Kier molecular flexibility index (Phi) is 2.80. The van der Waals surface area contributed by atoms with Gasteiger partial charge in [-0.05, 0) is 19.4 Å². The summed E-state index contributed by atoms with van der Waals surface area (Å²) >= 11 is 0. The number of nitrogens with zero attached hydrogens (tertiary/aromatic N) is 2. The summed E-state index contributed by atoms with van der Waals surface area (Å²) in [5.41, 5.74) is 0.924. The third-order valence-corrected chi connectivity index (χ3v) is 2.60. The smallest absolute Gasteiger partial charge is 0.110 e. The number of hydrogen-bond donors (Lipinski definition) is 2. The maximum Gasteiger partial charge on any atom is 0.110 e. The molecule has 0 aromatic carbocycles. The van der Waals surface area contributed by atoms with E-state index in [1.54, 1.807) is 6.20 Å². The zero-order chi connectivity index (χ0) is 9.80. The van der Waals surface area contributed by atoms with Gasteiger partial charge in [0.2, 0.25) is 0 Å². The van der Waals surface area contributed by atoms with E-state index in [1.165, 1.54) is 12.8 Å². The number of imidazole rings is 1. The van der Waals surface area contributed by atoms with Gasteiger partial charge < -0.3 is 10.3 Å². The minimum Gasteiger partial charge on any atom is -0.345 e. The molecule has 1 aromatic heterocycles. The number of H-pyrrole nitrogens is 1. The van der Waals surface area contributed by atoms with Crippen molar-refractivity contribution in [3.63, 3.8) is 0 Å². The molecule has 1 fully saturated rings. The molecule has 1 atom stereocenters. The zero-order valence-electron chi connectivity index (χ0n) is 8.08. The molecule has 0 saturated carbocycles. The predicted molar refractivity (Wildman–Crippen MR) is 52.7 cm³/mol. The van der Waals surface area contributed by atoms with Crippen LogP contribution in [0.2, 0.25) is 0 Å². The quantitative estimate of drug-likeness (QED) is 0.729. The maximum absolute atomic E-state index is 8.53. The molecule has 14 heavy (non-hydrogen) atoms. The van der Waals surface area contributed by atoms with Crippen molar-refractivity contribution in [1.82, 2.24) is 15.3 Å². The molecule has 0 amide bonds. The lowest BCUT2D eigenvalue weighted by molar-refractivity contribution is 0.448. The van der Waals surface area contributed by atoms with Crippen molar-refractivity contribution in [3.8, 4) is 6.07 Å². The Hall–Kier alpha value is -1.34. The second kappa shape index (κ2) is 4.25. The van der Waals surface area contributed by atoms with Gasteiger partial charge in [0, 0.05) is 24.4 Å². The fourth-order valence-corrected chi connectivity index (χ4v) is 1.84. The molecule has 74 valence electrons. The molecule has 1 aromatic rings. The van der Waals surface area contributed by atoms with Gasteiger partial charge in [0.05, 0.1) is 12.5 Å². The summed E-state index contributed by atoms with van der Waals surface area (Å²) in [6.07, 6.45) is 4.59. The molecule has 1 aliphatic rings. The van der Waals surface area contributed by atoms with Crippen molar-refractivity contribution < 1.29 is 0 Å². The highest BCUT2D eigenvalue weighted by Gasteiger charge is 2.17. The van der Waals surface area contributed by atoms with Gasteiger partial charge in [-0.1, -0.05) is 0 Å². The van der Waals surface area contributed by atoms with Gasteiger partial charge in [0.15, 0.2) is 0 Å². The van der Waals surface area contributed by atoms with E-state index >= 15 is 0 Å². The molecule has 2 heterocycles. The van der Waals surface area contributed by atoms with Crippen molar-refractivity contribution in [2.45, 2.75) is 25.2 Å². The van der Waals surface area contributed by atoms with Gasteiger partial charge in [-0.2, -0.15) is 5.26 Å². The Morgan fingerprint density at radius 1 is 1.64 bits per heavy atom. The van der Waals surface area contributed by atoms with E-state index in [1.807, 2.05) is 0 Å². The lowest BCUT2D eigenvalue weighted by atomic mass is 9.99. The average molecular weight is 190 g/mol. The summed E-state index contributed by atoms with van der Waals surface area (Å²) in [7, 11) is 0. The topological polar surface area (TPSA) is 64.5 Å². The fourth-order valence-electron chi connectivity index (χ4n) is 1.84. The summed E-state index contributed by atoms with van der Waals surface area (Å²) in [5, 5.41) is 11.9. The van der Waals surface area contributed by atoms with Gasteiger partial charge in [0.1, 0.15) is 5.82 Å². The molecule has 1 aliphatic heterocycles. The standard InChI is InChI=1S/C10H14N4/c11-4-3-9-7-13-10(14-9)8-2-1-5-12-6-8/h7-8,12H,1-3,5-6H2,(H,13,14). The van der Waals surface area contributed by atoms with Crippen molar-refractivity contribution in [2.75, 3.05) is 13.1 Å². The normalized spacial score (nSPS) is 21.8. The second-order valence-corrected chi connectivity index (χ2v) is 3.67. The number of hydrogen-bond acceptors (Lipinski definition) is 3. The lowest BCUT2D eigenvalue weighted by Gasteiger charge is -2.20. The Morgan fingerprint density at radius 2 is 2.57 bits per heavy atom. The van der Waals surface area contributed by atoms with Crippen molar-refractivity contribution in [1.29, 1.82) is 5.26 Å². The van der Waals surface area contributed by atoms with Crippen molar-refractivity contribution in [2.24, 2.45) is 0 Å². The summed E-state index contributed by atoms with van der Waals surface area (Å²) in [4.78, 5) is 7.52. The van der Waals surface area contributed by atoms with E-state index in [2.05, 4.69) is 21.4 Å². The van der Waals surface area contributed by atoms with E-state index in [0.717, 1.165) is 24.6 Å². The molecule has 0 spiro atoms. The molecular weight excluding hydrogens is 176 g/mol. The molecule has 0 radical (unpaired) electrons. The maximum atomic E-state index is 8.53. The molecule has 2 rings (SSSR count). The molecule has 1 saturated heterocycles. The highest BCUT2D eigenvalue weighted by molar-refractivity contribution is 5.10. The van der Waals surface area contributed by atoms with Gasteiger partial charge >= 0.3 is 0 Å². The van der Waals surface area contributed by atoms with E-state index in [-0.39, 0.29) is 0 Å². The molecule has 4 heteroatoms. The van der Waals surface area contributed by atoms with Crippen LogP contribution in [-0.2, 0) is 6.42 Å². The summed E-state index contributed by atoms with van der Waals surface area (Å²) in [6, 6.07) is 2.11. The molecule has 0 bridgehead atoms. The van der Waals surface area contributed by atoms with Crippen LogP contribution in [0.3, 0.4) is 0 Å². The minimum absolute atomic E-state index is 0.424. The number of rotatable bonds is 2. The van der Waals surface area contributed by atoms with Crippen LogP contribution in [0, 0.1) is 11.3 Å². The van der Waals surface area contributed by atoms with Gasteiger partial charge in [-0.3, -0.25) is 0 Å². The first-order valence-electron chi connectivity index (χ1n) is 5.01. The number of nitriles is 1. The van der Waals surface area contributed by atoms with Crippen LogP contribution in [0.5, 0.6) is 0 Å². The molecule has 1 unspecified atom stereocenters. The van der Waals surface area contributed by atoms with E-state index in [9.17, 15) is 0 Å². The third kappa shape index (κ3) is 1.94. The van der Waals surface area contributed by atoms with Gasteiger partial charge in [0.25, 0.3) is 0 Å². The van der Waals surface area contributed by atoms with Crippen LogP contribution in [0.1, 0.15) is 30.3 Å². The largest absolute Gasteiger partial charge is 0.345 e. The van der Waals surface area contributed by atoms with Crippen LogP contribution >= 0.6 is 0 Å². The minimum atomic E-state index is 0.424. The fraction of sp³-hybridized carbons (Fsp3) is 0.600. The first-order valence-corrected chi connectivity index (χ1v) is 5.01. The molecule has 0 aliphatic carbocycles. The van der Waals surface area contributed by atoms with Crippen molar-refractivity contribution in [3.05, 3.63) is 17.7 Å². The van der Waals surface area contributed by atoms with Crippen LogP contribution in [0.4, 0.5) is 0 Å². The van der Waals surface area contributed by atoms with E-state index < -0.39 is 0 Å². The third-order valence-electron chi connectivity index (χ3n) is 2.60. The van der Waals surface area contributed by atoms with E-state index in [0.29, 0.717) is 12.3 Å². The number of aromatic nitrogens is 2. The Balaban J connectivity index is 2.04. The highest BCUT2D eigenvalue weighted by atomic mass is 15.0. The van der Waals surface area contributed by atoms with Crippen LogP contribution < -0.4 is 5.32 Å². The van der Waals surface area contributed by atoms with Gasteiger partial charge in [-0.15, -0.1) is 0 Å². The van der Waals surface area contributed by atoms with Crippen LogP contribution in [-0.4, -0.2) is 23.1 Å². The van der Waals surface area contributed by atoms with Crippen LogP contribution in [0.25, 0.3) is 0 Å². The molecule has 4 nitrogen and oxygen atoms in total. The zero-order valence-corrected chi connectivity index (χ0v) is 8.08. The first-order chi connectivity index (χ1) is 6.90. The summed E-state index contributed by atoms with van der Waals surface area (Å²) in [6.45, 7) is 2.11. The van der Waals surface area contributed by atoms with Crippen molar-refractivity contribution >= 4 is 0 Å². The van der Waals surface area contributed by atoms with E-state index in [4.69, 9.17) is 5.26 Å². The second-order valence-electron chi connectivity index (χ2n) is 3.67. The average Bonchev–Trinajstić information content (AvgIpc) is 2.68. The first kappa shape index (κ1) is 9.22. The summed E-state index contributed by atoms with van der Waals surface area (Å²) in [5.74, 6) is 1.53. The monoisotopic (exact) mass is 190 g/mol. The van der Waals surface area contributed by atoms with Crippen LogP contribution in [0.15, 0.2) is 6.20 Å². The Labute approximate surface area is 83.4 Å². The highest BCUT2D eigenvalue weighted by Crippen LogP contribution is 2.20. The summed E-state index contributed by atoms with van der Waals surface area (Å²) < 4.78 is 0. The number of aromatic amines is 1. The number of piperidine rings is 1. The Bertz CT molecular complexity index is 330. The SMILES string of the molecule is N#CCc1cnc(C2CCCNC2)[nH]1. The molecule has 2 N–H and O–H groups in total. The lowest BCUT2D eigenvalue weighted by Crippen LogP contribution is -2.28. The Morgan fingerprint density at radius 3 is 3.29 bits per heavy atom. The number of nitrogens with one attached hydrogen (secondary N) is 2. The van der Waals surface area contributed by atoms with Gasteiger partial charge in [-0.25, -0.2) is 4.98 Å². The molecular formula is C10H14N4.